The molecule has 0 aromatic heterocycles. The van der Waals surface area contributed by atoms with E-state index in [4.69, 9.17) is 4.74 Å². The van der Waals surface area contributed by atoms with E-state index in [1.807, 2.05) is 18.2 Å². The molecule has 136 valence electrons. The first-order chi connectivity index (χ1) is 12.4. The van der Waals surface area contributed by atoms with Crippen LogP contribution in [0.4, 0.5) is 0 Å². The van der Waals surface area contributed by atoms with Crippen molar-refractivity contribution in [1.82, 2.24) is 4.90 Å². The highest BCUT2D eigenvalue weighted by atomic mass is 32.2. The van der Waals surface area contributed by atoms with Gasteiger partial charge in [-0.3, -0.25) is 4.79 Å². The van der Waals surface area contributed by atoms with Crippen LogP contribution in [0.3, 0.4) is 0 Å². The Bertz CT molecular complexity index is 921. The molecule has 1 saturated heterocycles. The van der Waals surface area contributed by atoms with E-state index in [9.17, 15) is 18.0 Å². The molecule has 1 aliphatic rings. The van der Waals surface area contributed by atoms with Gasteiger partial charge in [0, 0.05) is 18.7 Å². The Morgan fingerprint density at radius 3 is 2.19 bits per heavy atom. The van der Waals surface area contributed by atoms with Crippen LogP contribution in [0.5, 0.6) is 0 Å². The third-order valence-corrected chi connectivity index (χ3v) is 5.99. The second-order valence-corrected chi connectivity index (χ2v) is 8.40. The van der Waals surface area contributed by atoms with E-state index in [0.29, 0.717) is 11.1 Å². The van der Waals surface area contributed by atoms with Crippen molar-refractivity contribution in [3.63, 3.8) is 0 Å². The fourth-order valence-corrected chi connectivity index (χ4v) is 4.05. The van der Waals surface area contributed by atoms with Gasteiger partial charge in [-0.2, -0.15) is 0 Å². The molecule has 1 fully saturated rings. The zero-order valence-electron chi connectivity index (χ0n) is 14.3. The van der Waals surface area contributed by atoms with Crippen molar-refractivity contribution in [3.8, 4) is 11.1 Å². The van der Waals surface area contributed by atoms with Crippen LogP contribution >= 0.6 is 0 Å². The van der Waals surface area contributed by atoms with Gasteiger partial charge in [0.1, 0.15) is 0 Å². The fraction of sp³-hybridized carbons (Fsp3) is 0.263. The van der Waals surface area contributed by atoms with Gasteiger partial charge in [-0.15, -0.1) is 0 Å². The predicted molar refractivity (Wildman–Crippen MR) is 97.8 cm³/mol. The number of carbonyl (C=O) groups excluding carboxylic acids is 2. The highest BCUT2D eigenvalue weighted by Gasteiger charge is 2.25. The third-order valence-electron chi connectivity index (χ3n) is 4.38. The van der Waals surface area contributed by atoms with Gasteiger partial charge in [0.15, 0.2) is 9.84 Å². The number of nitrogens with zero attached hydrogens (tertiary/aromatic N) is 1. The number of sulfone groups is 1. The molecule has 2 aromatic rings. The number of rotatable bonds is 3. The molecule has 0 unspecified atom stereocenters. The Hall–Kier alpha value is -2.67. The number of hydrogen-bond donors (Lipinski definition) is 0. The first-order valence-corrected chi connectivity index (χ1v) is 10.0. The molecule has 0 bridgehead atoms. The number of ether oxygens (including phenoxy) is 1. The van der Waals surface area contributed by atoms with Gasteiger partial charge >= 0.3 is 5.97 Å². The number of benzene rings is 2. The summed E-state index contributed by atoms with van der Waals surface area (Å²) in [6, 6.07) is 14.1. The smallest absolute Gasteiger partial charge is 0.337 e. The Kier molecular flexibility index (Phi) is 5.08. The zero-order chi connectivity index (χ0) is 18.7. The van der Waals surface area contributed by atoms with Gasteiger partial charge in [0.25, 0.3) is 5.91 Å². The Morgan fingerprint density at radius 1 is 0.923 bits per heavy atom. The van der Waals surface area contributed by atoms with Gasteiger partial charge in [-0.05, 0) is 35.4 Å². The molecule has 1 aliphatic heterocycles. The van der Waals surface area contributed by atoms with Crippen LogP contribution in [-0.2, 0) is 14.6 Å². The summed E-state index contributed by atoms with van der Waals surface area (Å²) in [5.41, 5.74) is 2.68. The van der Waals surface area contributed by atoms with Crippen molar-refractivity contribution < 1.29 is 22.7 Å². The monoisotopic (exact) mass is 373 g/mol. The van der Waals surface area contributed by atoms with Crippen LogP contribution in [0.25, 0.3) is 11.1 Å². The maximum absolute atomic E-state index is 12.5. The van der Waals surface area contributed by atoms with E-state index in [1.54, 1.807) is 35.2 Å². The second-order valence-electron chi connectivity index (χ2n) is 6.09. The molecule has 7 heteroatoms. The lowest BCUT2D eigenvalue weighted by Crippen LogP contribution is -2.43. The van der Waals surface area contributed by atoms with Crippen LogP contribution in [-0.4, -0.2) is 56.9 Å². The fourth-order valence-electron chi connectivity index (χ4n) is 2.85. The lowest BCUT2D eigenvalue weighted by atomic mass is 10.0. The molecule has 0 spiro atoms. The number of methoxy groups -OCH3 is 1. The summed E-state index contributed by atoms with van der Waals surface area (Å²) in [4.78, 5) is 25.7. The van der Waals surface area contributed by atoms with Crippen LogP contribution in [0.15, 0.2) is 48.5 Å². The van der Waals surface area contributed by atoms with Crippen molar-refractivity contribution in [2.75, 3.05) is 31.7 Å². The summed E-state index contributed by atoms with van der Waals surface area (Å²) in [5.74, 6) is -0.553. The Balaban J connectivity index is 1.76. The van der Waals surface area contributed by atoms with E-state index >= 15 is 0 Å². The minimum Gasteiger partial charge on any atom is -0.465 e. The summed E-state index contributed by atoms with van der Waals surface area (Å²) < 4.78 is 27.7. The van der Waals surface area contributed by atoms with Crippen molar-refractivity contribution in [3.05, 3.63) is 59.7 Å². The molecule has 2 aromatic carbocycles. The topological polar surface area (TPSA) is 80.8 Å². The molecule has 26 heavy (non-hydrogen) atoms. The lowest BCUT2D eigenvalue weighted by molar-refractivity contribution is 0.0600. The van der Waals surface area contributed by atoms with Crippen LogP contribution in [0.2, 0.25) is 0 Å². The molecule has 0 aliphatic carbocycles. The van der Waals surface area contributed by atoms with E-state index in [2.05, 4.69) is 0 Å². The predicted octanol–water partition coefficient (Wildman–Crippen LogP) is 2.01. The van der Waals surface area contributed by atoms with Gasteiger partial charge in [-0.1, -0.05) is 24.3 Å². The molecule has 3 rings (SSSR count). The summed E-state index contributed by atoms with van der Waals surface area (Å²) in [6.07, 6.45) is 0. The molecule has 0 atom stereocenters. The zero-order valence-corrected chi connectivity index (χ0v) is 15.2. The van der Waals surface area contributed by atoms with E-state index < -0.39 is 15.8 Å². The summed E-state index contributed by atoms with van der Waals surface area (Å²) >= 11 is 0. The molecular formula is C19H19NO5S. The molecule has 0 N–H and O–H groups in total. The van der Waals surface area contributed by atoms with Gasteiger partial charge in [0.2, 0.25) is 0 Å². The highest BCUT2D eigenvalue weighted by Crippen LogP contribution is 2.22. The van der Waals surface area contributed by atoms with Gasteiger partial charge in [0.05, 0.1) is 24.2 Å². The molecule has 1 amide bonds. The van der Waals surface area contributed by atoms with Crippen molar-refractivity contribution in [2.45, 2.75) is 0 Å². The number of carbonyl (C=O) groups is 2. The first-order valence-electron chi connectivity index (χ1n) is 8.18. The number of hydrogen-bond acceptors (Lipinski definition) is 5. The van der Waals surface area contributed by atoms with Crippen molar-refractivity contribution in [2.24, 2.45) is 0 Å². The van der Waals surface area contributed by atoms with Gasteiger partial charge in [-0.25, -0.2) is 13.2 Å². The number of esters is 1. The number of amides is 1. The molecule has 6 nitrogen and oxygen atoms in total. The third kappa shape index (κ3) is 3.94. The SMILES string of the molecule is COC(=O)c1cccc(-c2ccc(C(=O)N3CCS(=O)(=O)CC3)cc2)c1. The summed E-state index contributed by atoms with van der Waals surface area (Å²) in [6.45, 7) is 0.453. The summed E-state index contributed by atoms with van der Waals surface area (Å²) in [7, 11) is -1.68. The largest absolute Gasteiger partial charge is 0.465 e. The van der Waals surface area contributed by atoms with Crippen LogP contribution in [0, 0.1) is 0 Å². The molecule has 0 radical (unpaired) electrons. The van der Waals surface area contributed by atoms with E-state index in [1.165, 1.54) is 7.11 Å². The summed E-state index contributed by atoms with van der Waals surface area (Å²) in [5, 5.41) is 0. The van der Waals surface area contributed by atoms with Gasteiger partial charge < -0.3 is 9.64 Å². The quantitative estimate of drug-likeness (QED) is 0.769. The van der Waals surface area contributed by atoms with Crippen LogP contribution < -0.4 is 0 Å². The Morgan fingerprint density at radius 2 is 1.58 bits per heavy atom. The van der Waals surface area contributed by atoms with Crippen molar-refractivity contribution in [1.29, 1.82) is 0 Å². The molecule has 1 heterocycles. The highest BCUT2D eigenvalue weighted by molar-refractivity contribution is 7.91. The minimum absolute atomic E-state index is 0.0111. The Labute approximate surface area is 152 Å². The standard InChI is InChI=1S/C19H19NO5S/c1-25-19(22)17-4-2-3-16(13-17)14-5-7-15(8-6-14)18(21)20-9-11-26(23,24)12-10-20/h2-8,13H,9-12H2,1H3. The maximum Gasteiger partial charge on any atom is 0.337 e. The van der Waals surface area contributed by atoms with Crippen molar-refractivity contribution >= 4 is 21.7 Å². The van der Waals surface area contributed by atoms with E-state index in [0.717, 1.165) is 11.1 Å². The average molecular weight is 373 g/mol. The molecular weight excluding hydrogens is 354 g/mol. The lowest BCUT2D eigenvalue weighted by Gasteiger charge is -2.26. The first kappa shape index (κ1) is 18.1. The minimum atomic E-state index is -3.02. The van der Waals surface area contributed by atoms with Crippen LogP contribution in [0.1, 0.15) is 20.7 Å². The van der Waals surface area contributed by atoms with E-state index in [-0.39, 0.29) is 30.5 Å². The second kappa shape index (κ2) is 7.29. The normalized spacial score (nSPS) is 16.1. The maximum atomic E-state index is 12.5. The molecule has 0 saturated carbocycles. The average Bonchev–Trinajstić information content (AvgIpc) is 2.67.